The van der Waals surface area contributed by atoms with E-state index in [-0.39, 0.29) is 5.91 Å². The maximum atomic E-state index is 12.9. The first-order valence-corrected chi connectivity index (χ1v) is 8.70. The Balaban J connectivity index is 1.56. The zero-order valence-electron chi connectivity index (χ0n) is 13.4. The molecule has 0 saturated carbocycles. The van der Waals surface area contributed by atoms with E-state index in [1.54, 1.807) is 12.4 Å². The van der Waals surface area contributed by atoms with Gasteiger partial charge in [0.25, 0.3) is 5.91 Å². The molecule has 3 fully saturated rings. The molecule has 1 aromatic carbocycles. The third-order valence-electron chi connectivity index (χ3n) is 4.93. The molecule has 0 unspecified atom stereocenters. The Hall–Kier alpha value is -1.98. The lowest BCUT2D eigenvalue weighted by molar-refractivity contribution is 0.0684. The molecule has 3 saturated heterocycles. The van der Waals surface area contributed by atoms with Gasteiger partial charge in [0.2, 0.25) is 0 Å². The Morgan fingerprint density at radius 3 is 2.46 bits per heavy atom. The summed E-state index contributed by atoms with van der Waals surface area (Å²) in [7, 11) is 0. The number of carbonyl (C=O) groups is 1. The number of halogens is 1. The highest BCUT2D eigenvalue weighted by Gasteiger charge is 2.32. The van der Waals surface area contributed by atoms with E-state index in [1.165, 1.54) is 0 Å². The zero-order chi connectivity index (χ0) is 16.5. The van der Waals surface area contributed by atoms with E-state index in [0.717, 1.165) is 44.6 Å². The normalized spacial score (nSPS) is 23.1. The molecule has 0 spiro atoms. The topological polar surface area (TPSA) is 49.3 Å². The minimum atomic E-state index is 0.0365. The molecular weight excluding hydrogens is 324 g/mol. The van der Waals surface area contributed by atoms with E-state index in [1.807, 2.05) is 29.2 Å². The van der Waals surface area contributed by atoms with Crippen molar-refractivity contribution in [1.29, 1.82) is 0 Å². The fourth-order valence-corrected chi connectivity index (χ4v) is 3.76. The van der Waals surface area contributed by atoms with Crippen LogP contribution in [0.15, 0.2) is 36.7 Å². The fourth-order valence-electron chi connectivity index (χ4n) is 3.54. The van der Waals surface area contributed by atoms with Crippen LogP contribution in [-0.4, -0.2) is 57.9 Å². The van der Waals surface area contributed by atoms with Gasteiger partial charge in [-0.3, -0.25) is 4.79 Å². The van der Waals surface area contributed by atoms with Gasteiger partial charge >= 0.3 is 0 Å². The lowest BCUT2D eigenvalue weighted by atomic mass is 10.0. The summed E-state index contributed by atoms with van der Waals surface area (Å²) in [6, 6.07) is 7.80. The Kier molecular flexibility index (Phi) is 4.21. The van der Waals surface area contributed by atoms with Gasteiger partial charge in [0.1, 0.15) is 0 Å². The van der Waals surface area contributed by atoms with Crippen molar-refractivity contribution in [3.63, 3.8) is 0 Å². The van der Waals surface area contributed by atoms with Gasteiger partial charge in [-0.2, -0.15) is 0 Å². The molecule has 124 valence electrons. The first-order chi connectivity index (χ1) is 11.7. The number of rotatable bonds is 2. The third-order valence-corrected chi connectivity index (χ3v) is 5.26. The summed E-state index contributed by atoms with van der Waals surface area (Å²) in [5.74, 6) is 0.578. The van der Waals surface area contributed by atoms with Crippen LogP contribution in [0, 0.1) is 0 Å². The van der Waals surface area contributed by atoms with E-state index in [0.29, 0.717) is 22.5 Å². The standard InChI is InChI=1S/C18H19ClN4O/c19-16-4-2-1-3-15(16)17-20-11-13(12-21-17)18(24)23-10-9-22-7-5-14(23)6-8-22/h1-4,11-12,14H,5-10H2. The molecule has 24 heavy (non-hydrogen) atoms. The maximum Gasteiger partial charge on any atom is 0.257 e. The Labute approximate surface area is 146 Å². The molecule has 1 amide bonds. The molecule has 2 bridgehead atoms. The van der Waals surface area contributed by atoms with Crippen molar-refractivity contribution in [1.82, 2.24) is 19.8 Å². The summed E-state index contributed by atoms with van der Waals surface area (Å²) >= 11 is 6.18. The van der Waals surface area contributed by atoms with Gasteiger partial charge in [0.15, 0.2) is 5.82 Å². The molecule has 0 aliphatic carbocycles. The number of fused-ring (bicyclic) bond motifs is 4. The van der Waals surface area contributed by atoms with Crippen molar-refractivity contribution in [3.05, 3.63) is 47.2 Å². The van der Waals surface area contributed by atoms with Gasteiger partial charge in [-0.1, -0.05) is 23.7 Å². The Bertz CT molecular complexity index is 741. The van der Waals surface area contributed by atoms with Gasteiger partial charge in [0, 0.05) is 50.2 Å². The number of hydrogen-bond donors (Lipinski definition) is 0. The molecule has 1 aromatic heterocycles. The van der Waals surface area contributed by atoms with E-state index in [4.69, 9.17) is 11.6 Å². The molecule has 0 radical (unpaired) electrons. The van der Waals surface area contributed by atoms with Crippen molar-refractivity contribution in [2.24, 2.45) is 0 Å². The highest BCUT2D eigenvalue weighted by atomic mass is 35.5. The molecule has 0 atom stereocenters. The van der Waals surface area contributed by atoms with Crippen LogP contribution in [0.5, 0.6) is 0 Å². The largest absolute Gasteiger partial charge is 0.334 e. The van der Waals surface area contributed by atoms with Crippen LogP contribution in [0.2, 0.25) is 5.02 Å². The summed E-state index contributed by atoms with van der Waals surface area (Å²) in [4.78, 5) is 26.0. The van der Waals surface area contributed by atoms with Crippen molar-refractivity contribution in [2.75, 3.05) is 26.2 Å². The van der Waals surface area contributed by atoms with Crippen molar-refractivity contribution in [2.45, 2.75) is 18.9 Å². The molecular formula is C18H19ClN4O. The third kappa shape index (κ3) is 2.89. The minimum Gasteiger partial charge on any atom is -0.334 e. The van der Waals surface area contributed by atoms with E-state index in [9.17, 15) is 4.79 Å². The molecule has 4 heterocycles. The highest BCUT2D eigenvalue weighted by molar-refractivity contribution is 6.33. The number of amides is 1. The Morgan fingerprint density at radius 1 is 1.04 bits per heavy atom. The molecule has 5 rings (SSSR count). The quantitative estimate of drug-likeness (QED) is 0.842. The van der Waals surface area contributed by atoms with Crippen LogP contribution in [0.25, 0.3) is 11.4 Å². The van der Waals surface area contributed by atoms with Crippen molar-refractivity contribution in [3.8, 4) is 11.4 Å². The average Bonchev–Trinajstić information content (AvgIpc) is 2.96. The lowest BCUT2D eigenvalue weighted by Gasteiger charge is -2.31. The summed E-state index contributed by atoms with van der Waals surface area (Å²) < 4.78 is 0. The van der Waals surface area contributed by atoms with Gasteiger partial charge in [0.05, 0.1) is 10.6 Å². The van der Waals surface area contributed by atoms with Crippen LogP contribution in [0.3, 0.4) is 0 Å². The fraction of sp³-hybridized carbons (Fsp3) is 0.389. The molecule has 0 N–H and O–H groups in total. The second-order valence-electron chi connectivity index (χ2n) is 6.35. The second-order valence-corrected chi connectivity index (χ2v) is 6.75. The van der Waals surface area contributed by atoms with Crippen LogP contribution in [-0.2, 0) is 0 Å². The minimum absolute atomic E-state index is 0.0365. The first-order valence-electron chi connectivity index (χ1n) is 8.32. The molecule has 3 aliphatic heterocycles. The lowest BCUT2D eigenvalue weighted by Crippen LogP contribution is -2.41. The number of piperidine rings is 1. The van der Waals surface area contributed by atoms with Gasteiger partial charge in [-0.15, -0.1) is 0 Å². The van der Waals surface area contributed by atoms with E-state index < -0.39 is 0 Å². The SMILES string of the molecule is O=C(c1cnc(-c2ccccc2Cl)nc1)N1CCN2CCC1CC2. The first kappa shape index (κ1) is 15.5. The number of hydrogen-bond acceptors (Lipinski definition) is 4. The van der Waals surface area contributed by atoms with Crippen molar-refractivity contribution < 1.29 is 4.79 Å². The highest BCUT2D eigenvalue weighted by Crippen LogP contribution is 2.25. The summed E-state index contributed by atoms with van der Waals surface area (Å²) in [6.45, 7) is 3.93. The van der Waals surface area contributed by atoms with Gasteiger partial charge < -0.3 is 9.80 Å². The predicted molar refractivity (Wildman–Crippen MR) is 93.0 cm³/mol. The van der Waals surface area contributed by atoms with Crippen LogP contribution in [0.1, 0.15) is 23.2 Å². The Morgan fingerprint density at radius 2 is 1.75 bits per heavy atom. The zero-order valence-corrected chi connectivity index (χ0v) is 14.1. The predicted octanol–water partition coefficient (Wildman–Crippen LogP) is 2.72. The van der Waals surface area contributed by atoms with Crippen LogP contribution >= 0.6 is 11.6 Å². The summed E-state index contributed by atoms with van der Waals surface area (Å²) in [5.41, 5.74) is 1.32. The average molecular weight is 343 g/mol. The van der Waals surface area contributed by atoms with E-state index >= 15 is 0 Å². The number of carbonyl (C=O) groups excluding carboxylic acids is 1. The molecule has 5 nitrogen and oxygen atoms in total. The van der Waals surface area contributed by atoms with Crippen LogP contribution in [0.4, 0.5) is 0 Å². The number of aromatic nitrogens is 2. The second kappa shape index (κ2) is 6.49. The molecule has 3 aliphatic rings. The number of benzene rings is 1. The van der Waals surface area contributed by atoms with Crippen molar-refractivity contribution >= 4 is 17.5 Å². The van der Waals surface area contributed by atoms with Crippen LogP contribution < -0.4 is 0 Å². The summed E-state index contributed by atoms with van der Waals surface area (Å²) in [6.07, 6.45) is 5.35. The smallest absolute Gasteiger partial charge is 0.257 e. The summed E-state index contributed by atoms with van der Waals surface area (Å²) in [5, 5.41) is 0.607. The number of nitrogens with zero attached hydrogens (tertiary/aromatic N) is 4. The monoisotopic (exact) mass is 342 g/mol. The van der Waals surface area contributed by atoms with Gasteiger partial charge in [-0.05, 0) is 25.0 Å². The van der Waals surface area contributed by atoms with E-state index in [2.05, 4.69) is 14.9 Å². The maximum absolute atomic E-state index is 12.9. The molecule has 2 aromatic rings. The van der Waals surface area contributed by atoms with Gasteiger partial charge in [-0.25, -0.2) is 9.97 Å². The molecule has 6 heteroatoms.